The van der Waals surface area contributed by atoms with Gasteiger partial charge in [-0.1, -0.05) is 0 Å². The van der Waals surface area contributed by atoms with E-state index in [1.807, 2.05) is 5.32 Å². The minimum Gasteiger partial charge on any atom is -0.548 e. The van der Waals surface area contributed by atoms with E-state index in [4.69, 9.17) is 0 Å². The highest BCUT2D eigenvalue weighted by atomic mass is 32.2. The first-order valence-corrected chi connectivity index (χ1v) is 6.16. The number of carboxylic acids is 1. The van der Waals surface area contributed by atoms with Gasteiger partial charge in [0.25, 0.3) is 0 Å². The molecule has 1 atom stereocenters. The largest absolute Gasteiger partial charge is 0.548 e. The summed E-state index contributed by atoms with van der Waals surface area (Å²) in [5.41, 5.74) is 0. The molecule has 1 fully saturated rings. The van der Waals surface area contributed by atoms with Crippen molar-refractivity contribution in [1.29, 1.82) is 0 Å². The molecule has 0 aromatic rings. The maximum Gasteiger partial charge on any atom is 0.315 e. The Morgan fingerprint density at radius 2 is 2.07 bits per heavy atom. The van der Waals surface area contributed by atoms with E-state index in [1.165, 1.54) is 0 Å². The van der Waals surface area contributed by atoms with Gasteiger partial charge < -0.3 is 20.5 Å². The topological polar surface area (TPSA) is 115 Å². The van der Waals surface area contributed by atoms with Gasteiger partial charge in [0.2, 0.25) is 0 Å². The Morgan fingerprint density at radius 3 is 2.53 bits per heavy atom. The van der Waals surface area contributed by atoms with Crippen LogP contribution in [0.4, 0.5) is 4.79 Å². The fourth-order valence-corrected chi connectivity index (χ4v) is 2.97. The zero-order chi connectivity index (χ0) is 11.5. The Morgan fingerprint density at radius 1 is 1.40 bits per heavy atom. The molecular weight excluding hydrogens is 224 g/mol. The molecule has 0 aromatic heterocycles. The zero-order valence-electron chi connectivity index (χ0n) is 7.86. The maximum atomic E-state index is 11.0. The van der Waals surface area contributed by atoms with Crippen molar-refractivity contribution < 1.29 is 23.1 Å². The van der Waals surface area contributed by atoms with Gasteiger partial charge >= 0.3 is 6.03 Å². The molecule has 1 rings (SSSR count). The first-order valence-electron chi connectivity index (χ1n) is 4.34. The molecule has 86 valence electrons. The SMILES string of the molecule is O=C([O-])CNC(=O)N[C@H]1CCS(=O)(=O)C1. The van der Waals surface area contributed by atoms with Gasteiger partial charge in [-0.25, -0.2) is 13.2 Å². The fraction of sp³-hybridized carbons (Fsp3) is 0.714. The first kappa shape index (κ1) is 11.8. The summed E-state index contributed by atoms with van der Waals surface area (Å²) in [6.45, 7) is -0.592. The van der Waals surface area contributed by atoms with E-state index in [9.17, 15) is 23.1 Å². The Balaban J connectivity index is 2.31. The highest BCUT2D eigenvalue weighted by Crippen LogP contribution is 2.10. The minimum atomic E-state index is -3.04. The number of amides is 2. The van der Waals surface area contributed by atoms with Gasteiger partial charge in [0, 0.05) is 6.04 Å². The summed E-state index contributed by atoms with van der Waals surface area (Å²) >= 11 is 0. The van der Waals surface area contributed by atoms with E-state index in [-0.39, 0.29) is 11.5 Å². The van der Waals surface area contributed by atoms with Crippen LogP contribution in [0.2, 0.25) is 0 Å². The van der Waals surface area contributed by atoms with Crippen molar-refractivity contribution in [3.05, 3.63) is 0 Å². The van der Waals surface area contributed by atoms with Crippen LogP contribution < -0.4 is 15.7 Å². The highest BCUT2D eigenvalue weighted by Gasteiger charge is 2.28. The van der Waals surface area contributed by atoms with Crippen molar-refractivity contribution in [2.45, 2.75) is 12.5 Å². The molecule has 1 heterocycles. The monoisotopic (exact) mass is 235 g/mol. The summed E-state index contributed by atoms with van der Waals surface area (Å²) in [7, 11) is -3.04. The van der Waals surface area contributed by atoms with E-state index in [1.54, 1.807) is 0 Å². The maximum absolute atomic E-state index is 11.0. The van der Waals surface area contributed by atoms with Crippen LogP contribution >= 0.6 is 0 Å². The quantitative estimate of drug-likeness (QED) is 0.549. The molecule has 0 radical (unpaired) electrons. The second kappa shape index (κ2) is 4.47. The molecule has 8 heteroatoms. The number of carbonyl (C=O) groups is 2. The van der Waals surface area contributed by atoms with E-state index in [2.05, 4.69) is 5.32 Å². The Hall–Kier alpha value is -1.31. The predicted molar refractivity (Wildman–Crippen MR) is 48.6 cm³/mol. The van der Waals surface area contributed by atoms with Crippen LogP contribution in [0.5, 0.6) is 0 Å². The summed E-state index contributed by atoms with van der Waals surface area (Å²) in [4.78, 5) is 21.0. The van der Waals surface area contributed by atoms with Gasteiger partial charge in [-0.2, -0.15) is 0 Å². The molecule has 1 aliphatic rings. The van der Waals surface area contributed by atoms with Crippen LogP contribution in [0.15, 0.2) is 0 Å². The van der Waals surface area contributed by atoms with Gasteiger partial charge in [-0.3, -0.25) is 0 Å². The minimum absolute atomic E-state index is 0.0540. The fourth-order valence-electron chi connectivity index (χ4n) is 1.30. The number of rotatable bonds is 3. The molecule has 0 saturated carbocycles. The number of aliphatic carboxylic acids is 1. The summed E-state index contributed by atoms with van der Waals surface area (Å²) in [6.07, 6.45) is 0.362. The summed E-state index contributed by atoms with van der Waals surface area (Å²) < 4.78 is 22.0. The molecule has 7 nitrogen and oxygen atoms in total. The van der Waals surface area contributed by atoms with Crippen molar-refractivity contribution in [1.82, 2.24) is 10.6 Å². The van der Waals surface area contributed by atoms with Crippen molar-refractivity contribution in [2.75, 3.05) is 18.1 Å². The molecule has 2 N–H and O–H groups in total. The van der Waals surface area contributed by atoms with Gasteiger partial charge in [0.15, 0.2) is 9.84 Å². The third-order valence-electron chi connectivity index (χ3n) is 1.96. The number of sulfone groups is 1. The number of carboxylic acid groups (broad SMARTS) is 1. The lowest BCUT2D eigenvalue weighted by molar-refractivity contribution is -0.303. The van der Waals surface area contributed by atoms with Gasteiger partial charge in [0.05, 0.1) is 24.0 Å². The summed E-state index contributed by atoms with van der Waals surface area (Å²) in [5.74, 6) is -1.44. The average molecular weight is 235 g/mol. The van der Waals surface area contributed by atoms with Crippen LogP contribution in [0.3, 0.4) is 0 Å². The van der Waals surface area contributed by atoms with E-state index >= 15 is 0 Å². The van der Waals surface area contributed by atoms with Crippen molar-refractivity contribution in [3.63, 3.8) is 0 Å². The number of nitrogens with one attached hydrogen (secondary N) is 2. The Bertz CT molecular complexity index is 364. The zero-order valence-corrected chi connectivity index (χ0v) is 8.67. The molecule has 0 aliphatic carbocycles. The van der Waals surface area contributed by atoms with Gasteiger partial charge in [-0.15, -0.1) is 0 Å². The summed E-state index contributed by atoms with van der Waals surface area (Å²) in [5, 5.41) is 14.4. The molecule has 1 saturated heterocycles. The standard InChI is InChI=1S/C7H12N2O5S/c10-6(11)3-8-7(12)9-5-1-2-15(13,14)4-5/h5H,1-4H2,(H,10,11)(H2,8,9,12)/p-1/t5-/m0/s1. The van der Waals surface area contributed by atoms with Crippen molar-refractivity contribution in [2.24, 2.45) is 0 Å². The number of urea groups is 1. The third kappa shape index (κ3) is 4.15. The first-order chi connectivity index (χ1) is 6.89. The second-order valence-electron chi connectivity index (χ2n) is 3.30. The summed E-state index contributed by atoms with van der Waals surface area (Å²) in [6, 6.07) is -1.13. The number of carbonyl (C=O) groups excluding carboxylic acids is 2. The highest BCUT2D eigenvalue weighted by molar-refractivity contribution is 7.91. The molecular formula is C7H11N2O5S-. The number of hydrogen-bond acceptors (Lipinski definition) is 5. The molecule has 0 aromatic carbocycles. The Kier molecular flexibility index (Phi) is 3.51. The molecule has 0 bridgehead atoms. The third-order valence-corrected chi connectivity index (χ3v) is 3.73. The van der Waals surface area contributed by atoms with Crippen LogP contribution in [0, 0.1) is 0 Å². The van der Waals surface area contributed by atoms with Crippen molar-refractivity contribution >= 4 is 21.8 Å². The van der Waals surface area contributed by atoms with Gasteiger partial charge in [-0.05, 0) is 6.42 Å². The average Bonchev–Trinajstić information content (AvgIpc) is 2.42. The lowest BCUT2D eigenvalue weighted by Crippen LogP contribution is -2.46. The molecule has 0 unspecified atom stereocenters. The lowest BCUT2D eigenvalue weighted by atomic mass is 10.3. The smallest absolute Gasteiger partial charge is 0.315 e. The van der Waals surface area contributed by atoms with E-state index in [0.717, 1.165) is 0 Å². The normalized spacial score (nSPS) is 23.3. The van der Waals surface area contributed by atoms with Crippen LogP contribution in [-0.2, 0) is 14.6 Å². The van der Waals surface area contributed by atoms with E-state index in [0.29, 0.717) is 6.42 Å². The van der Waals surface area contributed by atoms with Crippen LogP contribution in [-0.4, -0.2) is 44.5 Å². The van der Waals surface area contributed by atoms with Crippen molar-refractivity contribution in [3.8, 4) is 0 Å². The molecule has 15 heavy (non-hydrogen) atoms. The molecule has 0 spiro atoms. The lowest BCUT2D eigenvalue weighted by Gasteiger charge is -2.12. The second-order valence-corrected chi connectivity index (χ2v) is 5.53. The Labute approximate surface area is 86.8 Å². The molecule has 1 aliphatic heterocycles. The molecule has 2 amide bonds. The van der Waals surface area contributed by atoms with Gasteiger partial charge in [0.1, 0.15) is 0 Å². The van der Waals surface area contributed by atoms with Crippen LogP contribution in [0.25, 0.3) is 0 Å². The number of hydrogen-bond donors (Lipinski definition) is 2. The predicted octanol–water partition coefficient (Wildman–Crippen LogP) is -2.78. The van der Waals surface area contributed by atoms with E-state index < -0.39 is 34.4 Å². The van der Waals surface area contributed by atoms with Crippen LogP contribution in [0.1, 0.15) is 6.42 Å².